The SMILES string of the molecule is CC(=O)Oc1ccc2c(c1)c(-c1ccc(C(N)=O)cc1)cn2C(N)=O. The number of nitrogens with two attached hydrogens (primary N) is 2. The zero-order chi connectivity index (χ0) is 18.1. The van der Waals surface area contributed by atoms with Crippen molar-refractivity contribution in [2.45, 2.75) is 6.92 Å². The number of hydrogen-bond acceptors (Lipinski definition) is 4. The highest BCUT2D eigenvalue weighted by molar-refractivity contribution is 6.02. The molecule has 7 nitrogen and oxygen atoms in total. The molecule has 1 aromatic heterocycles. The lowest BCUT2D eigenvalue weighted by Gasteiger charge is -2.04. The average Bonchev–Trinajstić information content (AvgIpc) is 2.93. The van der Waals surface area contributed by atoms with Crippen LogP contribution >= 0.6 is 0 Å². The van der Waals surface area contributed by atoms with Gasteiger partial charge in [0.15, 0.2) is 0 Å². The fourth-order valence-corrected chi connectivity index (χ4v) is 2.67. The standard InChI is InChI=1S/C18H15N3O4/c1-10(22)25-13-6-7-16-14(8-13)15(9-21(16)18(20)24)11-2-4-12(5-3-11)17(19)23/h2-9H,1H3,(H2,19,23)(H2,20,24). The summed E-state index contributed by atoms with van der Waals surface area (Å²) in [4.78, 5) is 34.1. The summed E-state index contributed by atoms with van der Waals surface area (Å²) < 4.78 is 6.42. The summed E-state index contributed by atoms with van der Waals surface area (Å²) >= 11 is 0. The summed E-state index contributed by atoms with van der Waals surface area (Å²) in [7, 11) is 0. The van der Waals surface area contributed by atoms with Crippen LogP contribution in [0.25, 0.3) is 22.0 Å². The molecule has 0 unspecified atom stereocenters. The van der Waals surface area contributed by atoms with E-state index < -0.39 is 17.9 Å². The van der Waals surface area contributed by atoms with Crippen molar-refractivity contribution in [3.8, 4) is 16.9 Å². The maximum atomic E-state index is 11.7. The lowest BCUT2D eigenvalue weighted by molar-refractivity contribution is -0.131. The number of fused-ring (bicyclic) bond motifs is 1. The third-order valence-electron chi connectivity index (χ3n) is 3.76. The van der Waals surface area contributed by atoms with Crippen molar-refractivity contribution in [1.82, 2.24) is 4.57 Å². The minimum absolute atomic E-state index is 0.359. The molecule has 0 saturated carbocycles. The van der Waals surface area contributed by atoms with E-state index in [4.69, 9.17) is 16.2 Å². The monoisotopic (exact) mass is 337 g/mol. The lowest BCUT2D eigenvalue weighted by atomic mass is 10.0. The molecular formula is C18H15N3O4. The number of rotatable bonds is 3. The van der Waals surface area contributed by atoms with Crippen LogP contribution in [-0.4, -0.2) is 22.5 Å². The van der Waals surface area contributed by atoms with E-state index in [1.165, 1.54) is 11.5 Å². The van der Waals surface area contributed by atoms with Gasteiger partial charge in [-0.1, -0.05) is 12.1 Å². The molecule has 1 heterocycles. The molecule has 2 amide bonds. The van der Waals surface area contributed by atoms with E-state index in [1.54, 1.807) is 48.7 Å². The van der Waals surface area contributed by atoms with Crippen LogP contribution in [0.3, 0.4) is 0 Å². The molecule has 0 atom stereocenters. The fraction of sp³-hybridized carbons (Fsp3) is 0.0556. The third kappa shape index (κ3) is 3.07. The number of hydrogen-bond donors (Lipinski definition) is 2. The molecule has 2 aromatic carbocycles. The number of benzene rings is 2. The Morgan fingerprint density at radius 1 is 1.00 bits per heavy atom. The molecule has 0 aliphatic heterocycles. The minimum atomic E-state index is -0.634. The van der Waals surface area contributed by atoms with Crippen LogP contribution in [0.5, 0.6) is 5.75 Å². The molecule has 25 heavy (non-hydrogen) atoms. The molecular weight excluding hydrogens is 322 g/mol. The molecule has 0 fully saturated rings. The van der Waals surface area contributed by atoms with Gasteiger partial charge in [0.05, 0.1) is 5.52 Å². The number of amides is 2. The van der Waals surface area contributed by atoms with Crippen molar-refractivity contribution in [3.63, 3.8) is 0 Å². The van der Waals surface area contributed by atoms with Gasteiger partial charge in [-0.3, -0.25) is 14.2 Å². The molecule has 0 aliphatic carbocycles. The van der Waals surface area contributed by atoms with E-state index in [0.717, 1.165) is 5.56 Å². The number of esters is 1. The zero-order valence-electron chi connectivity index (χ0n) is 13.4. The molecule has 0 spiro atoms. The van der Waals surface area contributed by atoms with Crippen LogP contribution < -0.4 is 16.2 Å². The summed E-state index contributed by atoms with van der Waals surface area (Å²) in [6.45, 7) is 1.31. The van der Waals surface area contributed by atoms with Crippen molar-refractivity contribution >= 4 is 28.8 Å². The molecule has 126 valence electrons. The van der Waals surface area contributed by atoms with Gasteiger partial charge in [-0.2, -0.15) is 0 Å². The number of carbonyl (C=O) groups excluding carboxylic acids is 3. The van der Waals surface area contributed by atoms with Crippen molar-refractivity contribution in [2.75, 3.05) is 0 Å². The predicted molar refractivity (Wildman–Crippen MR) is 92.2 cm³/mol. The second-order valence-corrected chi connectivity index (χ2v) is 5.47. The van der Waals surface area contributed by atoms with Crippen molar-refractivity contribution in [3.05, 3.63) is 54.2 Å². The largest absolute Gasteiger partial charge is 0.427 e. The van der Waals surface area contributed by atoms with Crippen LogP contribution in [0.4, 0.5) is 4.79 Å². The minimum Gasteiger partial charge on any atom is -0.427 e. The van der Waals surface area contributed by atoms with Crippen LogP contribution in [0.2, 0.25) is 0 Å². The average molecular weight is 337 g/mol. The van der Waals surface area contributed by atoms with E-state index in [2.05, 4.69) is 0 Å². The summed E-state index contributed by atoms with van der Waals surface area (Å²) in [6, 6.07) is 10.9. The van der Waals surface area contributed by atoms with E-state index in [9.17, 15) is 14.4 Å². The number of ether oxygens (including phenoxy) is 1. The summed E-state index contributed by atoms with van der Waals surface area (Å²) in [5.74, 6) is -0.610. The van der Waals surface area contributed by atoms with Crippen LogP contribution in [0, 0.1) is 0 Å². The number of aromatic nitrogens is 1. The van der Waals surface area contributed by atoms with Crippen LogP contribution in [0.1, 0.15) is 17.3 Å². The lowest BCUT2D eigenvalue weighted by Crippen LogP contribution is -2.18. The van der Waals surface area contributed by atoms with Crippen LogP contribution in [-0.2, 0) is 4.79 Å². The van der Waals surface area contributed by atoms with Gasteiger partial charge in [0.1, 0.15) is 5.75 Å². The first-order valence-corrected chi connectivity index (χ1v) is 7.40. The first kappa shape index (κ1) is 16.3. The topological polar surface area (TPSA) is 117 Å². The van der Waals surface area contributed by atoms with E-state index >= 15 is 0 Å². The third-order valence-corrected chi connectivity index (χ3v) is 3.76. The fourth-order valence-electron chi connectivity index (χ4n) is 2.67. The highest BCUT2D eigenvalue weighted by Gasteiger charge is 2.15. The Kier molecular flexibility index (Phi) is 3.98. The number of primary amides is 2. The second kappa shape index (κ2) is 6.12. The van der Waals surface area contributed by atoms with E-state index in [1.807, 2.05) is 0 Å². The smallest absolute Gasteiger partial charge is 0.323 e. The van der Waals surface area contributed by atoms with Gasteiger partial charge in [-0.25, -0.2) is 4.79 Å². The quantitative estimate of drug-likeness (QED) is 0.563. The number of carbonyl (C=O) groups is 3. The van der Waals surface area contributed by atoms with Gasteiger partial charge < -0.3 is 16.2 Å². The van der Waals surface area contributed by atoms with Gasteiger partial charge in [-0.15, -0.1) is 0 Å². The Labute approximate surface area is 142 Å². The Morgan fingerprint density at radius 2 is 1.68 bits per heavy atom. The highest BCUT2D eigenvalue weighted by atomic mass is 16.5. The summed E-state index contributed by atoms with van der Waals surface area (Å²) in [6.07, 6.45) is 1.60. The Morgan fingerprint density at radius 3 is 2.24 bits per heavy atom. The van der Waals surface area contributed by atoms with Gasteiger partial charge in [0.25, 0.3) is 0 Å². The van der Waals surface area contributed by atoms with Crippen molar-refractivity contribution < 1.29 is 19.1 Å². The summed E-state index contributed by atoms with van der Waals surface area (Å²) in [5.41, 5.74) is 13.1. The van der Waals surface area contributed by atoms with Gasteiger partial charge in [0, 0.05) is 29.6 Å². The van der Waals surface area contributed by atoms with E-state index in [0.29, 0.717) is 27.8 Å². The van der Waals surface area contributed by atoms with Crippen molar-refractivity contribution in [2.24, 2.45) is 11.5 Å². The zero-order valence-corrected chi connectivity index (χ0v) is 13.4. The first-order chi connectivity index (χ1) is 11.9. The Hall–Kier alpha value is -3.61. The maximum Gasteiger partial charge on any atom is 0.323 e. The highest BCUT2D eigenvalue weighted by Crippen LogP contribution is 2.33. The molecule has 3 rings (SSSR count). The molecule has 0 radical (unpaired) electrons. The van der Waals surface area contributed by atoms with E-state index in [-0.39, 0.29) is 0 Å². The van der Waals surface area contributed by atoms with Crippen molar-refractivity contribution in [1.29, 1.82) is 0 Å². The van der Waals surface area contributed by atoms with Gasteiger partial charge in [0.2, 0.25) is 5.91 Å². The first-order valence-electron chi connectivity index (χ1n) is 7.40. The number of nitrogens with zero attached hydrogens (tertiary/aromatic N) is 1. The normalized spacial score (nSPS) is 10.6. The Bertz CT molecular complexity index is 1000. The maximum absolute atomic E-state index is 11.7. The van der Waals surface area contributed by atoms with Gasteiger partial charge >= 0.3 is 12.0 Å². The molecule has 0 saturated heterocycles. The van der Waals surface area contributed by atoms with Gasteiger partial charge in [-0.05, 0) is 35.9 Å². The predicted octanol–water partition coefficient (Wildman–Crippen LogP) is 2.26. The molecule has 0 aliphatic rings. The molecule has 0 bridgehead atoms. The second-order valence-electron chi connectivity index (χ2n) is 5.47. The summed E-state index contributed by atoms with van der Waals surface area (Å²) in [5, 5.41) is 0.685. The molecule has 7 heteroatoms. The Balaban J connectivity index is 2.19. The molecule has 4 N–H and O–H groups in total. The molecule has 3 aromatic rings. The van der Waals surface area contributed by atoms with Crippen LogP contribution in [0.15, 0.2) is 48.7 Å².